The van der Waals surface area contributed by atoms with Gasteiger partial charge < -0.3 is 16.4 Å². The summed E-state index contributed by atoms with van der Waals surface area (Å²) in [6.45, 7) is 2.96. The minimum Gasteiger partial charge on any atom is -0.399 e. The standard InChI is InChI=1S/C24H25ClN6O/c1-2-3-10-27-22-23-28-13-21(31(23)20-9-5-15(26)12-19(20)30-22)14-4-8-17(18(25)11-14)24(32)29-16-6-7-16/h4-5,8-9,11-13,16H,2-3,6-7,10,26H2,1H3,(H,27,30)(H,29,32). The molecule has 1 aliphatic carbocycles. The summed E-state index contributed by atoms with van der Waals surface area (Å²) in [4.78, 5) is 21.9. The zero-order chi connectivity index (χ0) is 22.2. The largest absolute Gasteiger partial charge is 0.399 e. The van der Waals surface area contributed by atoms with E-state index < -0.39 is 0 Å². The Bertz CT molecular complexity index is 1330. The van der Waals surface area contributed by atoms with Gasteiger partial charge >= 0.3 is 0 Å². The van der Waals surface area contributed by atoms with E-state index in [4.69, 9.17) is 22.3 Å². The topological polar surface area (TPSA) is 97.3 Å². The fourth-order valence-corrected chi connectivity index (χ4v) is 4.07. The predicted molar refractivity (Wildman–Crippen MR) is 129 cm³/mol. The van der Waals surface area contributed by atoms with Gasteiger partial charge in [0.25, 0.3) is 5.91 Å². The van der Waals surface area contributed by atoms with Gasteiger partial charge in [0.2, 0.25) is 0 Å². The molecule has 1 fully saturated rings. The maximum Gasteiger partial charge on any atom is 0.253 e. The highest BCUT2D eigenvalue weighted by atomic mass is 35.5. The number of nitrogen functional groups attached to an aromatic ring is 1. The lowest BCUT2D eigenvalue weighted by Crippen LogP contribution is -2.25. The molecular formula is C24H25ClN6O. The number of hydrogen-bond donors (Lipinski definition) is 3. The number of hydrogen-bond acceptors (Lipinski definition) is 5. The van der Waals surface area contributed by atoms with Crippen LogP contribution in [0.2, 0.25) is 5.02 Å². The molecule has 1 aliphatic rings. The Labute approximate surface area is 191 Å². The highest BCUT2D eigenvalue weighted by Crippen LogP contribution is 2.32. The molecule has 2 aromatic heterocycles. The van der Waals surface area contributed by atoms with Crippen molar-refractivity contribution in [3.63, 3.8) is 0 Å². The summed E-state index contributed by atoms with van der Waals surface area (Å²) < 4.78 is 2.06. The second kappa shape index (κ2) is 8.31. The summed E-state index contributed by atoms with van der Waals surface area (Å²) in [5.74, 6) is 0.587. The van der Waals surface area contributed by atoms with Gasteiger partial charge in [-0.15, -0.1) is 0 Å². The molecule has 4 N–H and O–H groups in total. The number of aromatic nitrogens is 3. The molecule has 0 bridgehead atoms. The van der Waals surface area contributed by atoms with E-state index >= 15 is 0 Å². The van der Waals surface area contributed by atoms with E-state index in [2.05, 4.69) is 26.9 Å². The highest BCUT2D eigenvalue weighted by molar-refractivity contribution is 6.34. The third kappa shape index (κ3) is 3.84. The van der Waals surface area contributed by atoms with E-state index in [0.29, 0.717) is 22.1 Å². The van der Waals surface area contributed by atoms with Crippen LogP contribution in [0.1, 0.15) is 43.0 Å². The minimum absolute atomic E-state index is 0.130. The number of fused-ring (bicyclic) bond motifs is 3. The molecule has 4 aromatic rings. The molecule has 0 aliphatic heterocycles. The predicted octanol–water partition coefficient (Wildman–Crippen LogP) is 4.89. The number of nitrogens with one attached hydrogen (secondary N) is 2. The van der Waals surface area contributed by atoms with Gasteiger partial charge in [0.05, 0.1) is 33.5 Å². The Morgan fingerprint density at radius 3 is 2.84 bits per heavy atom. The molecule has 0 spiro atoms. The van der Waals surface area contributed by atoms with Crippen LogP contribution in [0.15, 0.2) is 42.6 Å². The zero-order valence-electron chi connectivity index (χ0n) is 17.9. The Morgan fingerprint density at radius 2 is 2.09 bits per heavy atom. The molecule has 5 rings (SSSR count). The minimum atomic E-state index is -0.130. The van der Waals surface area contributed by atoms with Gasteiger partial charge in [0.15, 0.2) is 11.5 Å². The van der Waals surface area contributed by atoms with Crippen molar-refractivity contribution in [2.24, 2.45) is 0 Å². The summed E-state index contributed by atoms with van der Waals surface area (Å²) in [5.41, 5.74) is 11.3. The third-order valence-corrected chi connectivity index (χ3v) is 6.00. The average molecular weight is 449 g/mol. The van der Waals surface area contributed by atoms with E-state index in [0.717, 1.165) is 60.2 Å². The van der Waals surface area contributed by atoms with Crippen LogP contribution in [0.3, 0.4) is 0 Å². The normalized spacial score (nSPS) is 13.6. The summed E-state index contributed by atoms with van der Waals surface area (Å²) in [7, 11) is 0. The Balaban J connectivity index is 1.62. The van der Waals surface area contributed by atoms with Crippen LogP contribution in [-0.2, 0) is 0 Å². The number of carbonyl (C=O) groups is 1. The molecule has 0 saturated heterocycles. The van der Waals surface area contributed by atoms with Crippen LogP contribution in [0.5, 0.6) is 0 Å². The molecule has 7 nitrogen and oxygen atoms in total. The first-order chi connectivity index (χ1) is 15.5. The van der Waals surface area contributed by atoms with E-state index in [1.807, 2.05) is 36.5 Å². The first-order valence-electron chi connectivity index (χ1n) is 11.0. The number of imidazole rings is 1. The molecule has 0 unspecified atom stereocenters. The molecule has 8 heteroatoms. The van der Waals surface area contributed by atoms with Crippen LogP contribution in [0.4, 0.5) is 11.5 Å². The van der Waals surface area contributed by atoms with E-state index in [1.54, 1.807) is 6.07 Å². The van der Waals surface area contributed by atoms with Gasteiger partial charge in [-0.05, 0) is 49.6 Å². The molecule has 1 amide bonds. The second-order valence-electron chi connectivity index (χ2n) is 8.23. The van der Waals surface area contributed by atoms with Crippen molar-refractivity contribution in [3.8, 4) is 11.3 Å². The fourth-order valence-electron chi connectivity index (χ4n) is 3.81. The highest BCUT2D eigenvalue weighted by Gasteiger charge is 2.25. The smallest absolute Gasteiger partial charge is 0.253 e. The maximum absolute atomic E-state index is 12.5. The van der Waals surface area contributed by atoms with Crippen molar-refractivity contribution in [2.45, 2.75) is 38.6 Å². The first-order valence-corrected chi connectivity index (χ1v) is 11.3. The van der Waals surface area contributed by atoms with Gasteiger partial charge in [0.1, 0.15) is 0 Å². The third-order valence-electron chi connectivity index (χ3n) is 5.69. The van der Waals surface area contributed by atoms with Crippen LogP contribution < -0.4 is 16.4 Å². The van der Waals surface area contributed by atoms with E-state index in [-0.39, 0.29) is 11.9 Å². The summed E-state index contributed by atoms with van der Waals surface area (Å²) in [6, 6.07) is 11.5. The molecule has 0 atom stereocenters. The Kier molecular flexibility index (Phi) is 5.35. The van der Waals surface area contributed by atoms with Gasteiger partial charge in [-0.25, -0.2) is 9.97 Å². The zero-order valence-corrected chi connectivity index (χ0v) is 18.6. The number of rotatable bonds is 7. The molecular weight excluding hydrogens is 424 g/mol. The molecule has 2 heterocycles. The van der Waals surface area contributed by atoms with Gasteiger partial charge in [0, 0.05) is 23.8 Å². The van der Waals surface area contributed by atoms with Crippen molar-refractivity contribution in [3.05, 3.63) is 53.2 Å². The van der Waals surface area contributed by atoms with Crippen molar-refractivity contribution in [1.82, 2.24) is 19.7 Å². The maximum atomic E-state index is 12.5. The summed E-state index contributed by atoms with van der Waals surface area (Å²) in [5, 5.41) is 6.81. The number of nitrogens with two attached hydrogens (primary N) is 1. The number of amides is 1. The Hall–Kier alpha value is -3.32. The molecule has 32 heavy (non-hydrogen) atoms. The molecule has 2 aromatic carbocycles. The van der Waals surface area contributed by atoms with E-state index in [1.165, 1.54) is 0 Å². The fraction of sp³-hybridized carbons (Fsp3) is 0.292. The number of nitrogens with zero attached hydrogens (tertiary/aromatic N) is 3. The van der Waals surface area contributed by atoms with Gasteiger partial charge in [-0.3, -0.25) is 9.20 Å². The number of carbonyl (C=O) groups excluding carboxylic acids is 1. The molecule has 1 saturated carbocycles. The monoisotopic (exact) mass is 448 g/mol. The quantitative estimate of drug-likeness (QED) is 0.276. The summed E-state index contributed by atoms with van der Waals surface area (Å²) >= 11 is 6.52. The van der Waals surface area contributed by atoms with Gasteiger partial charge in [-0.1, -0.05) is 31.0 Å². The lowest BCUT2D eigenvalue weighted by Gasteiger charge is -2.12. The van der Waals surface area contributed by atoms with Crippen molar-refractivity contribution in [1.29, 1.82) is 0 Å². The lowest BCUT2D eigenvalue weighted by molar-refractivity contribution is 0.0951. The van der Waals surface area contributed by atoms with E-state index in [9.17, 15) is 4.79 Å². The second-order valence-corrected chi connectivity index (χ2v) is 8.64. The van der Waals surface area contributed by atoms with Crippen molar-refractivity contribution < 1.29 is 4.79 Å². The number of anilines is 2. The number of halogens is 1. The van der Waals surface area contributed by atoms with Crippen LogP contribution in [-0.4, -0.2) is 32.9 Å². The van der Waals surface area contributed by atoms with Crippen LogP contribution in [0.25, 0.3) is 27.9 Å². The van der Waals surface area contributed by atoms with Crippen molar-refractivity contribution >= 4 is 45.7 Å². The SMILES string of the molecule is CCCCNc1nc2cc(N)ccc2n2c(-c3ccc(C(=O)NC4CC4)c(Cl)c3)cnc12. The summed E-state index contributed by atoms with van der Waals surface area (Å²) in [6.07, 6.45) is 6.00. The van der Waals surface area contributed by atoms with Crippen LogP contribution in [0, 0.1) is 0 Å². The molecule has 0 radical (unpaired) electrons. The number of unbranched alkanes of at least 4 members (excludes halogenated alkanes) is 1. The van der Waals surface area contributed by atoms with Crippen LogP contribution >= 0.6 is 11.6 Å². The van der Waals surface area contributed by atoms with Gasteiger partial charge in [-0.2, -0.15) is 0 Å². The molecule has 164 valence electrons. The lowest BCUT2D eigenvalue weighted by atomic mass is 10.1. The number of benzene rings is 2. The average Bonchev–Trinajstić information content (AvgIpc) is 3.47. The first kappa shape index (κ1) is 20.6. The van der Waals surface area contributed by atoms with Crippen molar-refractivity contribution in [2.75, 3.05) is 17.6 Å². The Morgan fingerprint density at radius 1 is 1.25 bits per heavy atom.